The average molecular weight is 285 g/mol. The molecule has 1 saturated heterocycles. The lowest BCUT2D eigenvalue weighted by Gasteiger charge is -2.14. The van der Waals surface area contributed by atoms with Crippen molar-refractivity contribution < 1.29 is 18.1 Å². The van der Waals surface area contributed by atoms with E-state index in [0.29, 0.717) is 18.9 Å². The molecule has 0 saturated carbocycles. The van der Waals surface area contributed by atoms with Crippen molar-refractivity contribution in [2.45, 2.75) is 6.92 Å². The third-order valence-electron chi connectivity index (χ3n) is 2.34. The summed E-state index contributed by atoms with van der Waals surface area (Å²) in [7, 11) is -3.50. The van der Waals surface area contributed by atoms with Gasteiger partial charge in [-0.1, -0.05) is 5.16 Å². The van der Waals surface area contributed by atoms with Gasteiger partial charge in [-0.25, -0.2) is 0 Å². The van der Waals surface area contributed by atoms with E-state index in [1.54, 1.807) is 30.5 Å². The number of hydrogen-bond donors (Lipinski definition) is 1. The number of rotatable bonds is 5. The van der Waals surface area contributed by atoms with Crippen LogP contribution in [0.2, 0.25) is 0 Å². The summed E-state index contributed by atoms with van der Waals surface area (Å²) in [6, 6.07) is 6.85. The first-order chi connectivity index (χ1) is 9.12. The number of nitrogens with zero attached hydrogens (tertiary/aromatic N) is 2. The molecule has 0 aliphatic carbocycles. The first kappa shape index (κ1) is 13.8. The summed E-state index contributed by atoms with van der Waals surface area (Å²) < 4.78 is 26.2. The zero-order chi connectivity index (χ0) is 13.7. The molecular weight excluding hydrogens is 270 g/mol. The minimum absolute atomic E-state index is 0.288. The van der Waals surface area contributed by atoms with Gasteiger partial charge in [0, 0.05) is 6.54 Å². The zero-order valence-corrected chi connectivity index (χ0v) is 11.3. The number of hydrogen-bond acceptors (Lipinski definition) is 5. The Kier molecular flexibility index (Phi) is 4.35. The smallest absolute Gasteiger partial charge is 0.310 e. The van der Waals surface area contributed by atoms with Crippen LogP contribution in [-0.4, -0.2) is 38.8 Å². The Morgan fingerprint density at radius 1 is 1.42 bits per heavy atom. The molecule has 1 N–H and O–H groups in total. The van der Waals surface area contributed by atoms with Crippen molar-refractivity contribution in [1.82, 2.24) is 9.19 Å². The molecule has 1 aromatic rings. The van der Waals surface area contributed by atoms with Crippen molar-refractivity contribution in [1.29, 1.82) is 0 Å². The van der Waals surface area contributed by atoms with E-state index in [9.17, 15) is 8.42 Å². The third-order valence-corrected chi connectivity index (χ3v) is 3.70. The van der Waals surface area contributed by atoms with Gasteiger partial charge in [0.25, 0.3) is 0 Å². The third kappa shape index (κ3) is 3.66. The van der Waals surface area contributed by atoms with Gasteiger partial charge in [0.2, 0.25) is 0 Å². The predicted octanol–water partition coefficient (Wildman–Crippen LogP) is 0.501. The molecule has 0 aromatic heterocycles. The number of hydroxylamine groups is 1. The molecule has 1 aliphatic heterocycles. The predicted molar refractivity (Wildman–Crippen MR) is 69.9 cm³/mol. The second-order valence-corrected chi connectivity index (χ2v) is 5.38. The quantitative estimate of drug-likeness (QED) is 0.631. The SMILES string of the molecule is CCO/N=C/c1ccc(ON2CCNS2(=O)=O)cc1. The van der Waals surface area contributed by atoms with E-state index in [2.05, 4.69) is 9.88 Å². The zero-order valence-electron chi connectivity index (χ0n) is 10.4. The van der Waals surface area contributed by atoms with Crippen molar-refractivity contribution >= 4 is 16.4 Å². The van der Waals surface area contributed by atoms with E-state index in [-0.39, 0.29) is 6.54 Å². The van der Waals surface area contributed by atoms with Gasteiger partial charge in [0.1, 0.15) is 12.4 Å². The molecule has 19 heavy (non-hydrogen) atoms. The average Bonchev–Trinajstić information content (AvgIpc) is 2.71. The molecule has 0 radical (unpaired) electrons. The molecule has 8 heteroatoms. The Labute approximate surface area is 111 Å². The topological polar surface area (TPSA) is 80.2 Å². The summed E-state index contributed by atoms with van der Waals surface area (Å²) in [5.74, 6) is 0.445. The molecule has 1 aliphatic rings. The van der Waals surface area contributed by atoms with Gasteiger partial charge in [-0.05, 0) is 41.2 Å². The van der Waals surface area contributed by atoms with E-state index in [4.69, 9.17) is 9.68 Å². The van der Waals surface area contributed by atoms with E-state index in [1.807, 2.05) is 6.92 Å². The molecule has 104 valence electrons. The summed E-state index contributed by atoms with van der Waals surface area (Å²) in [5, 5.41) is 3.73. The Balaban J connectivity index is 1.99. The lowest BCUT2D eigenvalue weighted by atomic mass is 10.2. The fourth-order valence-corrected chi connectivity index (χ4v) is 2.47. The first-order valence-corrected chi connectivity index (χ1v) is 7.26. The van der Waals surface area contributed by atoms with E-state index >= 15 is 0 Å². The number of oxime groups is 1. The van der Waals surface area contributed by atoms with Crippen molar-refractivity contribution in [2.75, 3.05) is 19.7 Å². The Morgan fingerprint density at radius 3 is 2.74 bits per heavy atom. The normalized spacial score (nSPS) is 18.8. The summed E-state index contributed by atoms with van der Waals surface area (Å²) in [5.41, 5.74) is 0.836. The lowest BCUT2D eigenvalue weighted by Crippen LogP contribution is -2.32. The minimum atomic E-state index is -3.50. The number of nitrogens with one attached hydrogen (secondary N) is 1. The highest BCUT2D eigenvalue weighted by Gasteiger charge is 2.29. The molecule has 0 unspecified atom stereocenters. The summed E-state index contributed by atoms with van der Waals surface area (Å²) in [6.45, 7) is 2.99. The van der Waals surface area contributed by atoms with Gasteiger partial charge in [-0.3, -0.25) is 0 Å². The summed E-state index contributed by atoms with van der Waals surface area (Å²) >= 11 is 0. The van der Waals surface area contributed by atoms with Crippen LogP contribution in [0.25, 0.3) is 0 Å². The maximum Gasteiger partial charge on any atom is 0.310 e. The molecule has 0 atom stereocenters. The van der Waals surface area contributed by atoms with Crippen LogP contribution in [0.5, 0.6) is 5.75 Å². The van der Waals surface area contributed by atoms with Crippen LogP contribution in [-0.2, 0) is 15.0 Å². The van der Waals surface area contributed by atoms with Gasteiger partial charge in [-0.2, -0.15) is 13.1 Å². The van der Waals surface area contributed by atoms with Gasteiger partial charge in [-0.15, -0.1) is 0 Å². The Bertz CT molecular complexity index is 542. The largest absolute Gasteiger partial charge is 0.396 e. The highest BCUT2D eigenvalue weighted by Crippen LogP contribution is 2.15. The Hall–Kier alpha value is -1.64. The van der Waals surface area contributed by atoms with E-state index in [0.717, 1.165) is 10.0 Å². The highest BCUT2D eigenvalue weighted by molar-refractivity contribution is 7.87. The Morgan fingerprint density at radius 2 is 2.16 bits per heavy atom. The standard InChI is InChI=1S/C11H15N3O4S/c1-2-17-12-9-10-3-5-11(6-4-10)18-14-8-7-13-19(14,15)16/h3-6,9,13H,2,7-8H2,1H3/b12-9+. The second kappa shape index (κ2) is 6.00. The minimum Gasteiger partial charge on any atom is -0.396 e. The van der Waals surface area contributed by atoms with Crippen LogP contribution in [0.15, 0.2) is 29.4 Å². The van der Waals surface area contributed by atoms with Gasteiger partial charge < -0.3 is 9.68 Å². The molecule has 7 nitrogen and oxygen atoms in total. The van der Waals surface area contributed by atoms with Crippen LogP contribution in [0.1, 0.15) is 12.5 Å². The van der Waals surface area contributed by atoms with Crippen molar-refractivity contribution in [2.24, 2.45) is 5.16 Å². The highest BCUT2D eigenvalue weighted by atomic mass is 32.2. The van der Waals surface area contributed by atoms with Crippen molar-refractivity contribution in [3.63, 3.8) is 0 Å². The molecule has 0 spiro atoms. The fourth-order valence-electron chi connectivity index (χ4n) is 1.46. The molecule has 1 fully saturated rings. The van der Waals surface area contributed by atoms with Crippen LogP contribution >= 0.6 is 0 Å². The lowest BCUT2D eigenvalue weighted by molar-refractivity contribution is 0.0488. The molecule has 0 bridgehead atoms. The van der Waals surface area contributed by atoms with Gasteiger partial charge in [0.15, 0.2) is 0 Å². The van der Waals surface area contributed by atoms with Gasteiger partial charge >= 0.3 is 10.2 Å². The van der Waals surface area contributed by atoms with Crippen LogP contribution in [0, 0.1) is 0 Å². The molecular formula is C11H15N3O4S. The monoisotopic (exact) mass is 285 g/mol. The van der Waals surface area contributed by atoms with E-state index < -0.39 is 10.2 Å². The molecule has 1 heterocycles. The van der Waals surface area contributed by atoms with Crippen LogP contribution in [0.4, 0.5) is 0 Å². The summed E-state index contributed by atoms with van der Waals surface area (Å²) in [6.07, 6.45) is 1.57. The maximum absolute atomic E-state index is 11.5. The first-order valence-electron chi connectivity index (χ1n) is 5.82. The molecule has 2 rings (SSSR count). The number of benzene rings is 1. The molecule has 0 amide bonds. The van der Waals surface area contributed by atoms with Gasteiger partial charge in [0.05, 0.1) is 12.8 Å². The van der Waals surface area contributed by atoms with E-state index in [1.165, 1.54) is 0 Å². The van der Waals surface area contributed by atoms with Crippen molar-refractivity contribution in [3.8, 4) is 5.75 Å². The fraction of sp³-hybridized carbons (Fsp3) is 0.364. The maximum atomic E-state index is 11.5. The van der Waals surface area contributed by atoms with Crippen molar-refractivity contribution in [3.05, 3.63) is 29.8 Å². The summed E-state index contributed by atoms with van der Waals surface area (Å²) in [4.78, 5) is 10.1. The second-order valence-electron chi connectivity index (χ2n) is 3.74. The van der Waals surface area contributed by atoms with Crippen LogP contribution < -0.4 is 9.56 Å². The molecule has 1 aromatic carbocycles. The van der Waals surface area contributed by atoms with Crippen LogP contribution in [0.3, 0.4) is 0 Å².